The van der Waals surface area contributed by atoms with Crippen molar-refractivity contribution in [1.82, 2.24) is 4.90 Å². The molecule has 1 atom stereocenters. The minimum atomic E-state index is -0.416. The molecule has 106 valence electrons. The number of carbonyl (C=O) groups is 1. The summed E-state index contributed by atoms with van der Waals surface area (Å²) in [7, 11) is 1.90. The molecule has 0 aliphatic heterocycles. The van der Waals surface area contributed by atoms with Crippen LogP contribution in [0.25, 0.3) is 0 Å². The molecular weight excluding hydrogens is 245 g/mol. The van der Waals surface area contributed by atoms with E-state index in [0.29, 0.717) is 17.6 Å². The molecule has 5 heteroatoms. The maximum atomic E-state index is 12.9. The smallest absolute Gasteiger partial charge is 0.238 e. The van der Waals surface area contributed by atoms with Crippen molar-refractivity contribution in [2.45, 2.75) is 26.8 Å². The zero-order valence-corrected chi connectivity index (χ0v) is 11.9. The van der Waals surface area contributed by atoms with Gasteiger partial charge in [0.2, 0.25) is 5.91 Å². The third kappa shape index (κ3) is 4.52. The third-order valence-electron chi connectivity index (χ3n) is 3.34. The maximum absolute atomic E-state index is 12.9. The quantitative estimate of drug-likeness (QED) is 0.805. The van der Waals surface area contributed by atoms with Crippen molar-refractivity contribution in [2.75, 3.05) is 24.6 Å². The molecule has 0 spiro atoms. The molecule has 1 aromatic carbocycles. The summed E-state index contributed by atoms with van der Waals surface area (Å²) in [5, 5.41) is 2.69. The highest BCUT2D eigenvalue weighted by Gasteiger charge is 2.16. The molecule has 0 bridgehead atoms. The monoisotopic (exact) mass is 267 g/mol. The molecule has 0 aromatic heterocycles. The molecule has 3 N–H and O–H groups in total. The second kappa shape index (κ2) is 6.52. The molecule has 0 fully saturated rings. The van der Waals surface area contributed by atoms with Gasteiger partial charge in [-0.25, -0.2) is 4.39 Å². The highest BCUT2D eigenvalue weighted by Crippen LogP contribution is 2.19. The molecule has 0 aliphatic rings. The average Bonchev–Trinajstić information content (AvgIpc) is 2.31. The van der Waals surface area contributed by atoms with Crippen LogP contribution >= 0.6 is 0 Å². The predicted molar refractivity (Wildman–Crippen MR) is 76.4 cm³/mol. The lowest BCUT2D eigenvalue weighted by molar-refractivity contribution is -0.117. The van der Waals surface area contributed by atoms with Gasteiger partial charge >= 0.3 is 0 Å². The van der Waals surface area contributed by atoms with Crippen LogP contribution in [0.5, 0.6) is 0 Å². The van der Waals surface area contributed by atoms with Crippen LogP contribution in [0, 0.1) is 11.7 Å². The molecule has 0 aliphatic carbocycles. The fourth-order valence-corrected chi connectivity index (χ4v) is 1.72. The predicted octanol–water partition coefficient (Wildman–Crippen LogP) is 2.32. The van der Waals surface area contributed by atoms with Gasteiger partial charge in [-0.15, -0.1) is 0 Å². The topological polar surface area (TPSA) is 58.4 Å². The number of benzene rings is 1. The minimum Gasteiger partial charge on any atom is -0.397 e. The number of carbonyl (C=O) groups excluding carboxylic acids is 1. The van der Waals surface area contributed by atoms with Crippen molar-refractivity contribution in [3.63, 3.8) is 0 Å². The second-order valence-electron chi connectivity index (χ2n) is 5.18. The fourth-order valence-electron chi connectivity index (χ4n) is 1.72. The molecular formula is C14H22FN3O. The molecule has 0 saturated heterocycles. The Labute approximate surface area is 113 Å². The van der Waals surface area contributed by atoms with Crippen molar-refractivity contribution in [3.05, 3.63) is 24.0 Å². The maximum Gasteiger partial charge on any atom is 0.238 e. The van der Waals surface area contributed by atoms with E-state index in [4.69, 9.17) is 5.73 Å². The van der Waals surface area contributed by atoms with Crippen molar-refractivity contribution < 1.29 is 9.18 Å². The average molecular weight is 267 g/mol. The van der Waals surface area contributed by atoms with Gasteiger partial charge in [0.05, 0.1) is 17.9 Å². The van der Waals surface area contributed by atoms with Crippen LogP contribution < -0.4 is 11.1 Å². The summed E-state index contributed by atoms with van der Waals surface area (Å²) < 4.78 is 12.9. The number of nitrogens with zero attached hydrogens (tertiary/aromatic N) is 1. The zero-order chi connectivity index (χ0) is 14.6. The van der Waals surface area contributed by atoms with E-state index in [1.165, 1.54) is 18.2 Å². The molecule has 0 heterocycles. The van der Waals surface area contributed by atoms with Crippen molar-refractivity contribution >= 4 is 17.3 Å². The van der Waals surface area contributed by atoms with E-state index in [2.05, 4.69) is 26.1 Å². The number of likely N-dealkylation sites (N-methyl/N-ethyl adjacent to an activating group) is 1. The minimum absolute atomic E-state index is 0.159. The highest BCUT2D eigenvalue weighted by atomic mass is 19.1. The Morgan fingerprint density at radius 1 is 1.42 bits per heavy atom. The van der Waals surface area contributed by atoms with Gasteiger partial charge in [-0.1, -0.05) is 13.8 Å². The number of halogens is 1. The van der Waals surface area contributed by atoms with Crippen molar-refractivity contribution in [1.29, 1.82) is 0 Å². The number of nitrogen functional groups attached to an aromatic ring is 1. The molecule has 4 nitrogen and oxygen atoms in total. The molecule has 1 rings (SSSR count). The second-order valence-corrected chi connectivity index (χ2v) is 5.18. The Bertz CT molecular complexity index is 448. The Morgan fingerprint density at radius 2 is 2.05 bits per heavy atom. The summed E-state index contributed by atoms with van der Waals surface area (Å²) in [5.41, 5.74) is 6.31. The van der Waals surface area contributed by atoms with Crippen LogP contribution in [0.1, 0.15) is 20.8 Å². The lowest BCUT2D eigenvalue weighted by Gasteiger charge is -2.27. The molecule has 1 unspecified atom stereocenters. The van der Waals surface area contributed by atoms with Crippen LogP contribution in [-0.4, -0.2) is 30.4 Å². The Morgan fingerprint density at radius 3 is 2.58 bits per heavy atom. The summed E-state index contributed by atoms with van der Waals surface area (Å²) in [6.07, 6.45) is 0. The first-order chi connectivity index (χ1) is 8.81. The Hall–Kier alpha value is -1.62. The molecule has 1 aromatic rings. The number of anilines is 2. The van der Waals surface area contributed by atoms with Gasteiger partial charge in [-0.05, 0) is 38.1 Å². The van der Waals surface area contributed by atoms with Crippen LogP contribution in [-0.2, 0) is 4.79 Å². The van der Waals surface area contributed by atoms with Crippen LogP contribution in [0.3, 0.4) is 0 Å². The molecule has 1 amide bonds. The molecule has 0 radical (unpaired) electrons. The van der Waals surface area contributed by atoms with E-state index in [1.807, 2.05) is 11.9 Å². The number of nitrogens with one attached hydrogen (secondary N) is 1. The number of rotatable bonds is 5. The lowest BCUT2D eigenvalue weighted by atomic mass is 10.1. The van der Waals surface area contributed by atoms with Gasteiger partial charge in [-0.3, -0.25) is 9.69 Å². The van der Waals surface area contributed by atoms with Crippen molar-refractivity contribution in [2.24, 2.45) is 5.92 Å². The number of hydrogen-bond acceptors (Lipinski definition) is 3. The van der Waals surface area contributed by atoms with E-state index in [-0.39, 0.29) is 18.1 Å². The first-order valence-electron chi connectivity index (χ1n) is 6.36. The van der Waals surface area contributed by atoms with Gasteiger partial charge < -0.3 is 11.1 Å². The third-order valence-corrected chi connectivity index (χ3v) is 3.34. The van der Waals surface area contributed by atoms with Gasteiger partial charge in [0.15, 0.2) is 0 Å². The normalized spacial score (nSPS) is 12.8. The van der Waals surface area contributed by atoms with E-state index < -0.39 is 5.82 Å². The van der Waals surface area contributed by atoms with E-state index >= 15 is 0 Å². The van der Waals surface area contributed by atoms with E-state index in [1.54, 1.807) is 0 Å². The summed E-state index contributed by atoms with van der Waals surface area (Å²) in [4.78, 5) is 13.9. The van der Waals surface area contributed by atoms with Gasteiger partial charge in [0.1, 0.15) is 5.82 Å². The first kappa shape index (κ1) is 15.4. The molecule has 0 saturated carbocycles. The van der Waals surface area contributed by atoms with Gasteiger partial charge in [0, 0.05) is 6.04 Å². The first-order valence-corrected chi connectivity index (χ1v) is 6.36. The summed E-state index contributed by atoms with van der Waals surface area (Å²) in [6, 6.07) is 4.23. The summed E-state index contributed by atoms with van der Waals surface area (Å²) >= 11 is 0. The summed E-state index contributed by atoms with van der Waals surface area (Å²) in [5.74, 6) is -0.108. The standard InChI is InChI=1S/C14H22FN3O/c1-9(2)10(3)18(4)8-14(19)17-13-6-5-11(15)7-12(13)16/h5-7,9-10H,8,16H2,1-4H3,(H,17,19). The summed E-state index contributed by atoms with van der Waals surface area (Å²) in [6.45, 7) is 6.56. The van der Waals surface area contributed by atoms with Gasteiger partial charge in [-0.2, -0.15) is 0 Å². The van der Waals surface area contributed by atoms with Crippen LogP contribution in [0.4, 0.5) is 15.8 Å². The Balaban J connectivity index is 2.60. The number of nitrogens with two attached hydrogens (primary N) is 1. The molecule has 19 heavy (non-hydrogen) atoms. The lowest BCUT2D eigenvalue weighted by Crippen LogP contribution is -2.39. The SMILES string of the molecule is CC(C)C(C)N(C)CC(=O)Nc1ccc(F)cc1N. The fraction of sp³-hybridized carbons (Fsp3) is 0.500. The Kier molecular flexibility index (Phi) is 5.30. The van der Waals surface area contributed by atoms with Gasteiger partial charge in [0.25, 0.3) is 0 Å². The zero-order valence-electron chi connectivity index (χ0n) is 11.9. The number of hydrogen-bond donors (Lipinski definition) is 2. The van der Waals surface area contributed by atoms with E-state index in [0.717, 1.165) is 0 Å². The largest absolute Gasteiger partial charge is 0.397 e. The van der Waals surface area contributed by atoms with Crippen LogP contribution in [0.15, 0.2) is 18.2 Å². The highest BCUT2D eigenvalue weighted by molar-refractivity contribution is 5.95. The van der Waals surface area contributed by atoms with Crippen molar-refractivity contribution in [3.8, 4) is 0 Å². The van der Waals surface area contributed by atoms with E-state index in [9.17, 15) is 9.18 Å². The van der Waals surface area contributed by atoms with Crippen LogP contribution in [0.2, 0.25) is 0 Å². The number of amides is 1.